The molecule has 0 aliphatic heterocycles. The van der Waals surface area contributed by atoms with E-state index in [0.717, 1.165) is 26.7 Å². The summed E-state index contributed by atoms with van der Waals surface area (Å²) in [7, 11) is -0.657. The Kier molecular flexibility index (Phi) is 6.05. The Morgan fingerprint density at radius 3 is 2.23 bits per heavy atom. The number of rotatable bonds is 5. The summed E-state index contributed by atoms with van der Waals surface area (Å²) in [5.74, 6) is -0.332. The monoisotopic (exact) mass is 423 g/mol. The molecule has 0 fully saturated rings. The van der Waals surface area contributed by atoms with E-state index in [0.29, 0.717) is 16.9 Å². The normalized spacial score (nSPS) is 11.5. The van der Waals surface area contributed by atoms with Crippen LogP contribution in [-0.2, 0) is 10.0 Å². The second-order valence-corrected chi connectivity index (χ2v) is 9.50. The molecular weight excluding hydrogens is 398 g/mol. The fourth-order valence-corrected chi connectivity index (χ4v) is 4.09. The fraction of sp³-hybridized carbons (Fsp3) is 0.217. The summed E-state index contributed by atoms with van der Waals surface area (Å²) in [4.78, 5) is 17.6. The minimum atomic E-state index is -3.61. The van der Waals surface area contributed by atoms with Gasteiger partial charge in [-0.25, -0.2) is 12.7 Å². The van der Waals surface area contributed by atoms with Crippen molar-refractivity contribution >= 4 is 21.6 Å². The number of benzene rings is 2. The number of aryl methyl sites for hydroxylation is 2. The van der Waals surface area contributed by atoms with Gasteiger partial charge in [-0.15, -0.1) is 0 Å². The molecule has 0 spiro atoms. The highest BCUT2D eigenvalue weighted by atomic mass is 32.2. The second kappa shape index (κ2) is 8.38. The fourth-order valence-electron chi connectivity index (χ4n) is 3.08. The molecule has 0 aliphatic rings. The first-order chi connectivity index (χ1) is 14.1. The lowest BCUT2D eigenvalue weighted by atomic mass is 10.1. The average Bonchev–Trinajstić information content (AvgIpc) is 2.71. The molecule has 0 saturated carbocycles. The van der Waals surface area contributed by atoms with Gasteiger partial charge in [0.25, 0.3) is 5.91 Å². The van der Waals surface area contributed by atoms with E-state index in [4.69, 9.17) is 0 Å². The van der Waals surface area contributed by atoms with Crippen LogP contribution in [0.15, 0.2) is 59.5 Å². The molecule has 0 unspecified atom stereocenters. The molecule has 0 radical (unpaired) electrons. The number of carbonyl (C=O) groups is 1. The first-order valence-corrected chi connectivity index (χ1v) is 10.9. The number of hydrogen-bond acceptors (Lipinski definition) is 4. The van der Waals surface area contributed by atoms with E-state index in [-0.39, 0.29) is 10.8 Å². The minimum Gasteiger partial charge on any atom is -0.322 e. The molecule has 0 atom stereocenters. The van der Waals surface area contributed by atoms with E-state index < -0.39 is 10.0 Å². The van der Waals surface area contributed by atoms with Gasteiger partial charge >= 0.3 is 0 Å². The number of nitrogens with one attached hydrogen (secondary N) is 1. The summed E-state index contributed by atoms with van der Waals surface area (Å²) in [6, 6.07) is 16.4. The highest BCUT2D eigenvalue weighted by molar-refractivity contribution is 7.89. The summed E-state index contributed by atoms with van der Waals surface area (Å²) in [5.41, 5.74) is 4.85. The van der Waals surface area contributed by atoms with Crippen molar-refractivity contribution in [2.24, 2.45) is 0 Å². The third-order valence-corrected chi connectivity index (χ3v) is 6.86. The lowest BCUT2D eigenvalue weighted by Gasteiger charge is -2.17. The Labute approximate surface area is 177 Å². The van der Waals surface area contributed by atoms with E-state index >= 15 is 0 Å². The lowest BCUT2D eigenvalue weighted by Crippen LogP contribution is -2.23. The highest BCUT2D eigenvalue weighted by Crippen LogP contribution is 2.26. The molecule has 30 heavy (non-hydrogen) atoms. The average molecular weight is 424 g/mol. The summed E-state index contributed by atoms with van der Waals surface area (Å²) in [6.07, 6.45) is 0. The van der Waals surface area contributed by atoms with E-state index in [9.17, 15) is 13.2 Å². The number of hydrogen-bond donors (Lipinski definition) is 1. The molecule has 6 nitrogen and oxygen atoms in total. The van der Waals surface area contributed by atoms with Crippen molar-refractivity contribution < 1.29 is 13.2 Å². The zero-order valence-electron chi connectivity index (χ0n) is 17.7. The Bertz CT molecular complexity index is 1200. The van der Waals surface area contributed by atoms with Crippen LogP contribution < -0.4 is 5.32 Å². The van der Waals surface area contributed by atoms with Gasteiger partial charge in [0.05, 0.1) is 21.8 Å². The van der Waals surface area contributed by atoms with Crippen LogP contribution in [0, 0.1) is 20.8 Å². The largest absolute Gasteiger partial charge is 0.322 e. The zero-order chi connectivity index (χ0) is 22.1. The van der Waals surface area contributed by atoms with Crippen molar-refractivity contribution in [1.29, 1.82) is 0 Å². The van der Waals surface area contributed by atoms with Crippen LogP contribution in [0.3, 0.4) is 0 Å². The van der Waals surface area contributed by atoms with Gasteiger partial charge in [0.1, 0.15) is 0 Å². The van der Waals surface area contributed by atoms with Gasteiger partial charge in [0.15, 0.2) is 0 Å². The third kappa shape index (κ3) is 4.27. The molecule has 1 N–H and O–H groups in total. The summed E-state index contributed by atoms with van der Waals surface area (Å²) in [6.45, 7) is 5.45. The SMILES string of the molecule is Cc1cc(S(=O)(=O)N(C)C)cc(NC(=O)c2ccc(-c3ccccc3)nc2C)c1C. The predicted octanol–water partition coefficient (Wildman–Crippen LogP) is 4.18. The van der Waals surface area contributed by atoms with Gasteiger partial charge in [0.2, 0.25) is 10.0 Å². The van der Waals surface area contributed by atoms with Crippen LogP contribution in [0.4, 0.5) is 5.69 Å². The van der Waals surface area contributed by atoms with Gasteiger partial charge in [-0.1, -0.05) is 30.3 Å². The van der Waals surface area contributed by atoms with Gasteiger partial charge in [0, 0.05) is 25.3 Å². The summed E-state index contributed by atoms with van der Waals surface area (Å²) >= 11 is 0. The molecule has 1 amide bonds. The van der Waals surface area contributed by atoms with Crippen LogP contribution in [0.25, 0.3) is 11.3 Å². The smallest absolute Gasteiger partial charge is 0.257 e. The van der Waals surface area contributed by atoms with E-state index in [2.05, 4.69) is 10.3 Å². The molecule has 2 aromatic carbocycles. The topological polar surface area (TPSA) is 79.4 Å². The van der Waals surface area contributed by atoms with Crippen molar-refractivity contribution in [2.75, 3.05) is 19.4 Å². The number of amides is 1. The standard InChI is InChI=1S/C23H25N3O3S/c1-15-13-19(30(28,29)26(4)5)14-22(16(15)2)25-23(27)20-11-12-21(24-17(20)3)18-9-7-6-8-10-18/h6-14H,1-5H3,(H,25,27). The van der Waals surface area contributed by atoms with E-state index in [1.165, 1.54) is 20.2 Å². The summed E-state index contributed by atoms with van der Waals surface area (Å²) < 4.78 is 26.2. The number of sulfonamides is 1. The zero-order valence-corrected chi connectivity index (χ0v) is 18.5. The molecular formula is C23H25N3O3S. The van der Waals surface area contributed by atoms with Crippen molar-refractivity contribution in [2.45, 2.75) is 25.7 Å². The molecule has 1 heterocycles. The lowest BCUT2D eigenvalue weighted by molar-refractivity contribution is 0.102. The molecule has 3 aromatic rings. The second-order valence-electron chi connectivity index (χ2n) is 7.35. The van der Waals surface area contributed by atoms with Crippen LogP contribution >= 0.6 is 0 Å². The molecule has 3 rings (SSSR count). The Morgan fingerprint density at radius 2 is 1.63 bits per heavy atom. The quantitative estimate of drug-likeness (QED) is 0.668. The van der Waals surface area contributed by atoms with E-state index in [1.54, 1.807) is 19.1 Å². The maximum Gasteiger partial charge on any atom is 0.257 e. The Hall–Kier alpha value is -3.03. The Balaban J connectivity index is 1.94. The number of pyridine rings is 1. The number of carbonyl (C=O) groups excluding carboxylic acids is 1. The maximum atomic E-state index is 12.9. The van der Waals surface area contributed by atoms with Crippen LogP contribution in [0.2, 0.25) is 0 Å². The number of aromatic nitrogens is 1. The van der Waals surface area contributed by atoms with Crippen molar-refractivity contribution in [3.63, 3.8) is 0 Å². The van der Waals surface area contributed by atoms with E-state index in [1.807, 2.05) is 50.2 Å². The molecule has 0 saturated heterocycles. The van der Waals surface area contributed by atoms with Gasteiger partial charge < -0.3 is 5.32 Å². The van der Waals surface area contributed by atoms with Gasteiger partial charge in [-0.05, 0) is 56.2 Å². The van der Waals surface area contributed by atoms with Gasteiger partial charge in [-0.3, -0.25) is 9.78 Å². The molecule has 0 aliphatic carbocycles. The molecule has 7 heteroatoms. The molecule has 0 bridgehead atoms. The first-order valence-electron chi connectivity index (χ1n) is 9.49. The van der Waals surface area contributed by atoms with Crippen molar-refractivity contribution in [1.82, 2.24) is 9.29 Å². The van der Waals surface area contributed by atoms with Gasteiger partial charge in [-0.2, -0.15) is 0 Å². The van der Waals surface area contributed by atoms with Crippen LogP contribution in [0.5, 0.6) is 0 Å². The number of nitrogens with zero attached hydrogens (tertiary/aromatic N) is 2. The van der Waals surface area contributed by atoms with Crippen molar-refractivity contribution in [3.05, 3.63) is 77.0 Å². The highest BCUT2D eigenvalue weighted by Gasteiger charge is 2.21. The first kappa shape index (κ1) is 21.7. The number of anilines is 1. The molecule has 156 valence electrons. The third-order valence-electron chi connectivity index (χ3n) is 5.07. The Morgan fingerprint density at radius 1 is 0.967 bits per heavy atom. The predicted molar refractivity (Wildman–Crippen MR) is 119 cm³/mol. The van der Waals surface area contributed by atoms with Crippen LogP contribution in [-0.4, -0.2) is 37.7 Å². The summed E-state index contributed by atoms with van der Waals surface area (Å²) in [5, 5.41) is 2.86. The van der Waals surface area contributed by atoms with Crippen LogP contribution in [0.1, 0.15) is 27.2 Å². The molecule has 1 aromatic heterocycles. The maximum absolute atomic E-state index is 12.9. The minimum absolute atomic E-state index is 0.139. The van der Waals surface area contributed by atoms with Crippen molar-refractivity contribution in [3.8, 4) is 11.3 Å².